The maximum Gasteiger partial charge on any atom is 0.330 e. The first-order valence-electron chi connectivity index (χ1n) is 16.4. The van der Waals surface area contributed by atoms with Gasteiger partial charge in [0.15, 0.2) is 14.5 Å². The van der Waals surface area contributed by atoms with E-state index in [1.54, 1.807) is 6.20 Å². The molecule has 1 saturated heterocycles. The molecule has 0 amide bonds. The lowest BCUT2D eigenvalue weighted by molar-refractivity contribution is -0.0531. The van der Waals surface area contributed by atoms with Gasteiger partial charge in [-0.15, -0.1) is 5.10 Å². The molecule has 0 aliphatic carbocycles. The molecule has 49 heavy (non-hydrogen) atoms. The number of H-pyrrole nitrogens is 1. The molecule has 1 aliphatic rings. The summed E-state index contributed by atoms with van der Waals surface area (Å²) in [4.78, 5) is 28.4. The highest BCUT2D eigenvalue weighted by atomic mass is 28.4. The van der Waals surface area contributed by atoms with Crippen LogP contribution in [0.1, 0.15) is 27.0 Å². The van der Waals surface area contributed by atoms with E-state index in [0.717, 1.165) is 26.3 Å². The van der Waals surface area contributed by atoms with Crippen molar-refractivity contribution in [1.29, 1.82) is 0 Å². The molecule has 0 bridgehead atoms. The molecule has 0 unspecified atom stereocenters. The third-order valence-electron chi connectivity index (χ3n) is 10.5. The van der Waals surface area contributed by atoms with Gasteiger partial charge in [-0.2, -0.15) is 0 Å². The number of nitrogens with zero attached hydrogens (tertiary/aromatic N) is 4. The minimum absolute atomic E-state index is 0.00674. The Kier molecular flexibility index (Phi) is 7.18. The summed E-state index contributed by atoms with van der Waals surface area (Å²) in [6, 6.07) is 23.2. The van der Waals surface area contributed by atoms with Crippen molar-refractivity contribution in [1.82, 2.24) is 24.5 Å². The van der Waals surface area contributed by atoms with Crippen molar-refractivity contribution < 1.29 is 19.4 Å². The van der Waals surface area contributed by atoms with Crippen LogP contribution in [0, 0.1) is 0 Å². The number of aromatic amines is 1. The minimum atomic E-state index is -2.18. The van der Waals surface area contributed by atoms with E-state index in [-0.39, 0.29) is 17.3 Å². The molecule has 0 saturated carbocycles. The van der Waals surface area contributed by atoms with E-state index < -0.39 is 44.1 Å². The Balaban J connectivity index is 1.16. The SMILES string of the molecule is CC(C)(C)[Si](C)(C)OC[C@H]1O[C@@H](n2cc(-n3cc(-c4cc5cccc6c7cccc8cccc(c(c4)c56)c87)nn3)c(=O)[nH]c2=O)[C@H](O)[C@@H]1O. The molecule has 1 aliphatic heterocycles. The van der Waals surface area contributed by atoms with Gasteiger partial charge in [0.2, 0.25) is 0 Å². The van der Waals surface area contributed by atoms with Crippen LogP contribution < -0.4 is 11.2 Å². The second-order valence-corrected chi connectivity index (χ2v) is 19.3. The van der Waals surface area contributed by atoms with Crippen LogP contribution in [-0.4, -0.2) is 68.0 Å². The number of benzene rings is 5. The first kappa shape index (κ1) is 31.5. The quantitative estimate of drug-likeness (QED) is 0.120. The van der Waals surface area contributed by atoms with Crippen molar-refractivity contribution in [2.45, 2.75) is 63.4 Å². The van der Waals surface area contributed by atoms with Crippen LogP contribution in [0.15, 0.2) is 88.7 Å². The van der Waals surface area contributed by atoms with Crippen LogP contribution >= 0.6 is 0 Å². The van der Waals surface area contributed by atoms with Crippen LogP contribution in [-0.2, 0) is 9.16 Å². The third-order valence-corrected chi connectivity index (χ3v) is 15.0. The summed E-state index contributed by atoms with van der Waals surface area (Å²) < 4.78 is 14.6. The van der Waals surface area contributed by atoms with Crippen LogP contribution in [0.25, 0.3) is 60.0 Å². The molecular formula is C37H37N5O6Si. The number of aliphatic hydroxyl groups excluding tert-OH is 2. The number of ether oxygens (including phenoxy) is 1. The summed E-state index contributed by atoms with van der Waals surface area (Å²) >= 11 is 0. The van der Waals surface area contributed by atoms with E-state index in [2.05, 4.69) is 116 Å². The highest BCUT2D eigenvalue weighted by Gasteiger charge is 2.46. The second kappa shape index (κ2) is 11.2. The Labute approximate surface area is 281 Å². The van der Waals surface area contributed by atoms with Gasteiger partial charge in [-0.3, -0.25) is 14.3 Å². The van der Waals surface area contributed by atoms with E-state index in [9.17, 15) is 19.8 Å². The second-order valence-electron chi connectivity index (χ2n) is 14.5. The zero-order chi connectivity index (χ0) is 34.4. The predicted octanol–water partition coefficient (Wildman–Crippen LogP) is 5.48. The smallest absolute Gasteiger partial charge is 0.330 e. The number of nitrogens with one attached hydrogen (secondary N) is 1. The number of hydrogen-bond donors (Lipinski definition) is 3. The van der Waals surface area contributed by atoms with Gasteiger partial charge >= 0.3 is 5.69 Å². The lowest BCUT2D eigenvalue weighted by Gasteiger charge is -2.37. The number of aliphatic hydroxyl groups is 2. The first-order chi connectivity index (χ1) is 23.3. The van der Waals surface area contributed by atoms with E-state index in [1.165, 1.54) is 37.8 Å². The molecule has 0 radical (unpaired) electrons. The van der Waals surface area contributed by atoms with Crippen molar-refractivity contribution in [3.05, 3.63) is 100.0 Å². The van der Waals surface area contributed by atoms with E-state index >= 15 is 0 Å². The lowest BCUT2D eigenvalue weighted by Crippen LogP contribution is -2.44. The summed E-state index contributed by atoms with van der Waals surface area (Å²) in [7, 11) is -2.18. The predicted molar refractivity (Wildman–Crippen MR) is 192 cm³/mol. The lowest BCUT2D eigenvalue weighted by atomic mass is 9.88. The van der Waals surface area contributed by atoms with Gasteiger partial charge in [0.05, 0.1) is 12.8 Å². The Morgan fingerprint density at radius 3 is 2.18 bits per heavy atom. The summed E-state index contributed by atoms with van der Waals surface area (Å²) in [5.41, 5.74) is -0.149. The molecule has 4 atom stereocenters. The van der Waals surface area contributed by atoms with Crippen molar-refractivity contribution in [2.75, 3.05) is 6.61 Å². The summed E-state index contributed by atoms with van der Waals surface area (Å²) in [6.07, 6.45) is -1.98. The molecule has 2 aromatic heterocycles. The van der Waals surface area contributed by atoms with Crippen molar-refractivity contribution in [2.24, 2.45) is 0 Å². The van der Waals surface area contributed by atoms with Gasteiger partial charge in [-0.05, 0) is 73.4 Å². The fraction of sp³-hybridized carbons (Fsp3) is 0.297. The third kappa shape index (κ3) is 5.01. The normalized spacial score (nSPS) is 20.4. The van der Waals surface area contributed by atoms with Crippen LogP contribution in [0.2, 0.25) is 18.1 Å². The Hall–Kier alpha value is -4.72. The number of hydrogen-bond acceptors (Lipinski definition) is 8. The molecule has 7 aromatic rings. The van der Waals surface area contributed by atoms with E-state index in [0.29, 0.717) is 5.69 Å². The van der Waals surface area contributed by atoms with E-state index in [1.807, 2.05) is 0 Å². The fourth-order valence-corrected chi connectivity index (χ4v) is 7.76. The molecule has 3 heterocycles. The van der Waals surface area contributed by atoms with E-state index in [4.69, 9.17) is 9.16 Å². The number of rotatable bonds is 6. The summed E-state index contributed by atoms with van der Waals surface area (Å²) in [5, 5.41) is 39.6. The molecule has 250 valence electrons. The Bertz CT molecular complexity index is 2510. The topological polar surface area (TPSA) is 144 Å². The van der Waals surface area contributed by atoms with Gasteiger partial charge in [0.25, 0.3) is 5.56 Å². The average molecular weight is 676 g/mol. The first-order valence-corrected chi connectivity index (χ1v) is 19.3. The molecular weight excluding hydrogens is 639 g/mol. The van der Waals surface area contributed by atoms with Crippen LogP contribution in [0.3, 0.4) is 0 Å². The molecule has 12 heteroatoms. The highest BCUT2D eigenvalue weighted by Crippen LogP contribution is 2.42. The van der Waals surface area contributed by atoms with Gasteiger partial charge in [0.1, 0.15) is 29.7 Å². The number of aromatic nitrogens is 5. The minimum Gasteiger partial charge on any atom is -0.414 e. The Morgan fingerprint density at radius 2 is 1.51 bits per heavy atom. The molecule has 1 fully saturated rings. The van der Waals surface area contributed by atoms with Gasteiger partial charge in [-0.1, -0.05) is 80.6 Å². The zero-order valence-electron chi connectivity index (χ0n) is 27.8. The van der Waals surface area contributed by atoms with Crippen molar-refractivity contribution in [3.8, 4) is 16.9 Å². The summed E-state index contributed by atoms with van der Waals surface area (Å²) in [6.45, 7) is 10.5. The highest BCUT2D eigenvalue weighted by molar-refractivity contribution is 6.74. The van der Waals surface area contributed by atoms with Gasteiger partial charge in [0, 0.05) is 11.8 Å². The Morgan fingerprint density at radius 1 is 0.878 bits per heavy atom. The van der Waals surface area contributed by atoms with Crippen LogP contribution in [0.5, 0.6) is 0 Å². The standard InChI is InChI=1S/C37H37N5O6Si/c1-37(2,3)49(4,5)47-19-29-32(43)33(44)35(48-29)41-18-28(34(45)38-36(41)46)42-17-27(39-40-42)22-15-21-11-8-13-24-23-12-6-9-20-10-7-14-25(30(20)23)26(16-22)31(21)24/h6-18,29,32-33,35,43-44H,19H2,1-5H3,(H,38,45,46)/t29-,32-,33-,35-/m1/s1. The van der Waals surface area contributed by atoms with Gasteiger partial charge in [-0.25, -0.2) is 9.48 Å². The number of fused-ring (bicyclic) bond motifs is 2. The largest absolute Gasteiger partial charge is 0.414 e. The molecule has 11 nitrogen and oxygen atoms in total. The van der Waals surface area contributed by atoms with Crippen molar-refractivity contribution in [3.63, 3.8) is 0 Å². The maximum atomic E-state index is 13.1. The summed E-state index contributed by atoms with van der Waals surface area (Å²) in [5.74, 6) is 0. The molecule has 0 spiro atoms. The van der Waals surface area contributed by atoms with Crippen molar-refractivity contribution >= 4 is 51.4 Å². The van der Waals surface area contributed by atoms with Crippen LogP contribution in [0.4, 0.5) is 0 Å². The molecule has 3 N–H and O–H groups in total. The fourth-order valence-electron chi connectivity index (χ4n) is 6.75. The van der Waals surface area contributed by atoms with Gasteiger partial charge < -0.3 is 19.4 Å². The molecule has 8 rings (SSSR count). The maximum absolute atomic E-state index is 13.1. The zero-order valence-corrected chi connectivity index (χ0v) is 28.8. The monoisotopic (exact) mass is 675 g/mol. The average Bonchev–Trinajstić information content (AvgIpc) is 3.66. The molecule has 5 aromatic carbocycles.